The van der Waals surface area contributed by atoms with Gasteiger partial charge in [0.2, 0.25) is 0 Å². The summed E-state index contributed by atoms with van der Waals surface area (Å²) >= 11 is 1.70. The van der Waals surface area contributed by atoms with Crippen molar-refractivity contribution in [3.63, 3.8) is 0 Å². The van der Waals surface area contributed by atoms with E-state index >= 15 is 0 Å². The first-order valence-corrected chi connectivity index (χ1v) is 9.21. The van der Waals surface area contributed by atoms with Gasteiger partial charge in [-0.3, -0.25) is 15.1 Å². The van der Waals surface area contributed by atoms with E-state index in [-0.39, 0.29) is 11.9 Å². The summed E-state index contributed by atoms with van der Waals surface area (Å²) in [7, 11) is 0. The van der Waals surface area contributed by atoms with Crippen molar-refractivity contribution in [3.8, 4) is 0 Å². The summed E-state index contributed by atoms with van der Waals surface area (Å²) in [5.74, 6) is -0.315. The van der Waals surface area contributed by atoms with E-state index in [1.165, 1.54) is 5.56 Å². The van der Waals surface area contributed by atoms with Gasteiger partial charge in [0.1, 0.15) is 0 Å². The van der Waals surface area contributed by atoms with Crippen molar-refractivity contribution < 1.29 is 9.59 Å². The number of carbonyl (C=O) groups is 2. The summed E-state index contributed by atoms with van der Waals surface area (Å²) in [4.78, 5) is 28.3. The largest absolute Gasteiger partial charge is 0.336 e. The second kappa shape index (κ2) is 8.13. The highest BCUT2D eigenvalue weighted by molar-refractivity contribution is 7.07. The van der Waals surface area contributed by atoms with E-state index in [0.717, 1.165) is 25.2 Å². The first-order valence-electron chi connectivity index (χ1n) is 8.27. The van der Waals surface area contributed by atoms with E-state index in [4.69, 9.17) is 0 Å². The molecule has 3 rings (SSSR count). The molecule has 6 nitrogen and oxygen atoms in total. The molecule has 0 atom stereocenters. The van der Waals surface area contributed by atoms with Gasteiger partial charge in [-0.2, -0.15) is 11.3 Å². The quantitative estimate of drug-likeness (QED) is 0.827. The molecule has 1 aromatic heterocycles. The van der Waals surface area contributed by atoms with Crippen molar-refractivity contribution in [2.45, 2.75) is 13.5 Å². The normalized spacial score (nSPS) is 15.0. The molecule has 0 aliphatic carbocycles. The smallest absolute Gasteiger partial charge is 0.321 e. The topological polar surface area (TPSA) is 64.7 Å². The monoisotopic (exact) mass is 358 g/mol. The first-order chi connectivity index (χ1) is 12.1. The molecule has 7 heteroatoms. The number of nitrogens with one attached hydrogen (secondary N) is 2. The Kier molecular flexibility index (Phi) is 5.67. The third kappa shape index (κ3) is 4.80. The van der Waals surface area contributed by atoms with Gasteiger partial charge in [-0.25, -0.2) is 10.2 Å². The van der Waals surface area contributed by atoms with Crippen molar-refractivity contribution >= 4 is 23.3 Å². The first kappa shape index (κ1) is 17.4. The lowest BCUT2D eigenvalue weighted by Crippen LogP contribution is -2.54. The van der Waals surface area contributed by atoms with Crippen molar-refractivity contribution in [2.75, 3.05) is 26.2 Å². The number of rotatable bonds is 3. The molecular formula is C18H22N4O2S. The Labute approximate surface area is 151 Å². The van der Waals surface area contributed by atoms with Crippen LogP contribution in [0, 0.1) is 6.92 Å². The fourth-order valence-electron chi connectivity index (χ4n) is 2.72. The standard InChI is InChI=1S/C18H22N4O2S/c1-14-2-4-16(5-3-14)17(23)19-20-18(24)22-9-7-21(8-10-22)12-15-6-11-25-13-15/h2-6,11,13H,7-10,12H2,1H3,(H,19,23)(H,20,24). The molecule has 2 aromatic rings. The van der Waals surface area contributed by atoms with Crippen molar-refractivity contribution in [3.05, 3.63) is 57.8 Å². The molecule has 1 aliphatic heterocycles. The Morgan fingerprint density at radius 2 is 1.76 bits per heavy atom. The maximum atomic E-state index is 12.2. The van der Waals surface area contributed by atoms with E-state index < -0.39 is 0 Å². The second-order valence-corrected chi connectivity index (χ2v) is 6.93. The summed E-state index contributed by atoms with van der Waals surface area (Å²) in [6, 6.07) is 9.06. The van der Waals surface area contributed by atoms with Gasteiger partial charge < -0.3 is 4.90 Å². The van der Waals surface area contributed by atoms with Crippen LogP contribution >= 0.6 is 11.3 Å². The van der Waals surface area contributed by atoms with Crippen LogP contribution in [-0.4, -0.2) is 47.9 Å². The Hall–Kier alpha value is -2.38. The average molecular weight is 358 g/mol. The molecule has 1 aliphatic rings. The van der Waals surface area contributed by atoms with Crippen LogP contribution in [0.4, 0.5) is 4.79 Å². The molecule has 2 heterocycles. The summed E-state index contributed by atoms with van der Waals surface area (Å²) in [6.07, 6.45) is 0. The number of carbonyl (C=O) groups excluding carboxylic acids is 2. The van der Waals surface area contributed by atoms with E-state index in [9.17, 15) is 9.59 Å². The van der Waals surface area contributed by atoms with Gasteiger partial charge in [-0.1, -0.05) is 17.7 Å². The highest BCUT2D eigenvalue weighted by atomic mass is 32.1. The highest BCUT2D eigenvalue weighted by Crippen LogP contribution is 2.11. The van der Waals surface area contributed by atoms with Gasteiger partial charge in [0.05, 0.1) is 0 Å². The van der Waals surface area contributed by atoms with Crippen LogP contribution in [0.5, 0.6) is 0 Å². The van der Waals surface area contributed by atoms with E-state index in [1.54, 1.807) is 28.4 Å². The van der Waals surface area contributed by atoms with Crippen LogP contribution < -0.4 is 10.9 Å². The molecule has 1 aromatic carbocycles. The molecule has 25 heavy (non-hydrogen) atoms. The average Bonchev–Trinajstić information content (AvgIpc) is 3.13. The zero-order valence-corrected chi connectivity index (χ0v) is 15.0. The lowest BCUT2D eigenvalue weighted by atomic mass is 10.1. The second-order valence-electron chi connectivity index (χ2n) is 6.15. The number of hydrazine groups is 1. The number of nitrogens with zero attached hydrogens (tertiary/aromatic N) is 2. The molecule has 3 amide bonds. The Morgan fingerprint density at radius 3 is 2.40 bits per heavy atom. The van der Waals surface area contributed by atoms with Crippen molar-refractivity contribution in [2.24, 2.45) is 0 Å². The number of hydrogen-bond donors (Lipinski definition) is 2. The zero-order valence-electron chi connectivity index (χ0n) is 14.2. The number of thiophene rings is 1. The lowest BCUT2D eigenvalue weighted by Gasteiger charge is -2.34. The van der Waals surface area contributed by atoms with Gasteiger partial charge in [0, 0.05) is 38.3 Å². The summed E-state index contributed by atoms with van der Waals surface area (Å²) < 4.78 is 0. The number of benzene rings is 1. The van der Waals surface area contributed by atoms with Crippen molar-refractivity contribution in [1.29, 1.82) is 0 Å². The number of aryl methyl sites for hydroxylation is 1. The van der Waals surface area contributed by atoms with Crippen LogP contribution in [0.3, 0.4) is 0 Å². The van der Waals surface area contributed by atoms with Gasteiger partial charge in [-0.15, -0.1) is 0 Å². The molecule has 0 bridgehead atoms. The molecule has 0 unspecified atom stereocenters. The Balaban J connectivity index is 1.42. The number of piperazine rings is 1. The van der Waals surface area contributed by atoms with Gasteiger partial charge in [0.25, 0.3) is 5.91 Å². The minimum atomic E-state index is -0.315. The van der Waals surface area contributed by atoms with E-state index in [0.29, 0.717) is 18.7 Å². The van der Waals surface area contributed by atoms with Gasteiger partial charge in [-0.05, 0) is 41.4 Å². The van der Waals surface area contributed by atoms with Crippen LogP contribution in [0.2, 0.25) is 0 Å². The lowest BCUT2D eigenvalue weighted by molar-refractivity contribution is 0.0919. The Morgan fingerprint density at radius 1 is 1.04 bits per heavy atom. The molecule has 0 radical (unpaired) electrons. The molecule has 1 saturated heterocycles. The zero-order chi connectivity index (χ0) is 17.6. The molecular weight excluding hydrogens is 336 g/mol. The van der Waals surface area contributed by atoms with Crippen LogP contribution in [0.1, 0.15) is 21.5 Å². The van der Waals surface area contributed by atoms with Crippen LogP contribution in [0.25, 0.3) is 0 Å². The Bertz CT molecular complexity index is 707. The third-order valence-electron chi connectivity index (χ3n) is 4.24. The molecule has 1 fully saturated rings. The fraction of sp³-hybridized carbons (Fsp3) is 0.333. The van der Waals surface area contributed by atoms with E-state index in [2.05, 4.69) is 32.6 Å². The van der Waals surface area contributed by atoms with Crippen LogP contribution in [0.15, 0.2) is 41.1 Å². The number of urea groups is 1. The third-order valence-corrected chi connectivity index (χ3v) is 4.97. The number of amides is 3. The van der Waals surface area contributed by atoms with Gasteiger partial charge in [0.15, 0.2) is 0 Å². The van der Waals surface area contributed by atoms with Crippen LogP contribution in [-0.2, 0) is 6.54 Å². The van der Waals surface area contributed by atoms with Crippen molar-refractivity contribution in [1.82, 2.24) is 20.7 Å². The van der Waals surface area contributed by atoms with E-state index in [1.807, 2.05) is 19.1 Å². The minimum Gasteiger partial charge on any atom is -0.321 e. The molecule has 2 N–H and O–H groups in total. The minimum absolute atomic E-state index is 0.268. The predicted octanol–water partition coefficient (Wildman–Crippen LogP) is 2.23. The number of hydrogen-bond acceptors (Lipinski definition) is 4. The summed E-state index contributed by atoms with van der Waals surface area (Å²) in [6.45, 7) is 5.84. The highest BCUT2D eigenvalue weighted by Gasteiger charge is 2.21. The molecule has 132 valence electrons. The summed E-state index contributed by atoms with van der Waals surface area (Å²) in [5.41, 5.74) is 7.88. The predicted molar refractivity (Wildman–Crippen MR) is 98.3 cm³/mol. The van der Waals surface area contributed by atoms with Gasteiger partial charge >= 0.3 is 6.03 Å². The molecule has 0 spiro atoms. The molecule has 0 saturated carbocycles. The maximum Gasteiger partial charge on any atom is 0.336 e. The fourth-order valence-corrected chi connectivity index (χ4v) is 3.38. The maximum absolute atomic E-state index is 12.2. The summed E-state index contributed by atoms with van der Waals surface area (Å²) in [5, 5.41) is 4.23. The SMILES string of the molecule is Cc1ccc(C(=O)NNC(=O)N2CCN(Cc3ccsc3)CC2)cc1.